The van der Waals surface area contributed by atoms with Gasteiger partial charge in [-0.05, 0) is 38.3 Å². The molecule has 0 radical (unpaired) electrons. The maximum atomic E-state index is 12.9. The summed E-state index contributed by atoms with van der Waals surface area (Å²) in [7, 11) is 0. The summed E-state index contributed by atoms with van der Waals surface area (Å²) in [4.78, 5) is 19.5. The van der Waals surface area contributed by atoms with E-state index in [1.807, 2.05) is 22.6 Å². The van der Waals surface area contributed by atoms with Crippen LogP contribution in [-0.4, -0.2) is 38.7 Å². The zero-order valence-corrected chi connectivity index (χ0v) is 14.7. The molecule has 0 atom stereocenters. The second-order valence-electron chi connectivity index (χ2n) is 6.84. The zero-order valence-electron chi connectivity index (χ0n) is 14.7. The first-order valence-electron chi connectivity index (χ1n) is 8.80. The summed E-state index contributed by atoms with van der Waals surface area (Å²) in [6.45, 7) is 6.35. The molecule has 3 heterocycles. The highest BCUT2D eigenvalue weighted by Crippen LogP contribution is 2.22. The lowest BCUT2D eigenvalue weighted by molar-refractivity contribution is 0.0794. The molecule has 0 spiro atoms. The van der Waals surface area contributed by atoms with Crippen molar-refractivity contribution in [1.82, 2.24) is 19.7 Å². The molecule has 0 bridgehead atoms. The lowest BCUT2D eigenvalue weighted by atomic mass is 10.1. The number of fused-ring (bicyclic) bond motifs is 1. The van der Waals surface area contributed by atoms with Crippen molar-refractivity contribution < 1.29 is 4.79 Å². The Morgan fingerprint density at radius 1 is 1.12 bits per heavy atom. The number of hydrogen-bond donors (Lipinski definition) is 0. The van der Waals surface area contributed by atoms with E-state index in [2.05, 4.69) is 41.3 Å². The van der Waals surface area contributed by atoms with E-state index in [1.165, 1.54) is 11.1 Å². The minimum absolute atomic E-state index is 0.0999. The average Bonchev–Trinajstić information content (AvgIpc) is 3.26. The molecule has 0 N–H and O–H groups in total. The lowest BCUT2D eigenvalue weighted by Gasteiger charge is -2.16. The van der Waals surface area contributed by atoms with Crippen LogP contribution in [0.4, 0.5) is 0 Å². The van der Waals surface area contributed by atoms with Crippen LogP contribution in [0.5, 0.6) is 0 Å². The SMILES string of the molecule is Cc1ccc(Cn2ncc3c(C(=O)N4CCCC4)cc(C)nc32)cc1. The van der Waals surface area contributed by atoms with Crippen LogP contribution < -0.4 is 0 Å². The molecular formula is C20H22N4O. The highest BCUT2D eigenvalue weighted by molar-refractivity contribution is 6.05. The minimum Gasteiger partial charge on any atom is -0.339 e. The van der Waals surface area contributed by atoms with Gasteiger partial charge in [-0.3, -0.25) is 4.79 Å². The Kier molecular flexibility index (Phi) is 3.99. The number of aryl methyl sites for hydroxylation is 2. The van der Waals surface area contributed by atoms with Gasteiger partial charge in [0.15, 0.2) is 5.65 Å². The molecule has 1 aliphatic rings. The van der Waals surface area contributed by atoms with Gasteiger partial charge in [-0.2, -0.15) is 5.10 Å². The molecule has 2 aromatic heterocycles. The van der Waals surface area contributed by atoms with Crippen molar-refractivity contribution in [1.29, 1.82) is 0 Å². The standard InChI is InChI=1S/C20H22N4O/c1-14-5-7-16(8-6-14)13-24-19-18(12-21-24)17(11-15(2)22-19)20(25)23-9-3-4-10-23/h5-8,11-12H,3-4,9-10,13H2,1-2H3. The Bertz CT molecular complexity index is 921. The molecule has 4 rings (SSSR count). The van der Waals surface area contributed by atoms with Crippen molar-refractivity contribution in [2.75, 3.05) is 13.1 Å². The number of benzene rings is 1. The van der Waals surface area contributed by atoms with Gasteiger partial charge in [0.1, 0.15) is 0 Å². The van der Waals surface area contributed by atoms with E-state index in [-0.39, 0.29) is 5.91 Å². The number of carbonyl (C=O) groups excluding carboxylic acids is 1. The fourth-order valence-corrected chi connectivity index (χ4v) is 3.42. The minimum atomic E-state index is 0.0999. The summed E-state index contributed by atoms with van der Waals surface area (Å²) in [5.74, 6) is 0.0999. The topological polar surface area (TPSA) is 51.0 Å². The van der Waals surface area contributed by atoms with E-state index < -0.39 is 0 Å². The summed E-state index contributed by atoms with van der Waals surface area (Å²) in [6.07, 6.45) is 3.95. The van der Waals surface area contributed by atoms with Gasteiger partial charge in [-0.25, -0.2) is 9.67 Å². The van der Waals surface area contributed by atoms with Crippen LogP contribution in [0, 0.1) is 13.8 Å². The predicted octanol–water partition coefficient (Wildman–Crippen LogP) is 3.33. The Labute approximate surface area is 147 Å². The quantitative estimate of drug-likeness (QED) is 0.738. The summed E-state index contributed by atoms with van der Waals surface area (Å²) in [6, 6.07) is 10.3. The molecular weight excluding hydrogens is 312 g/mol. The van der Waals surface area contributed by atoms with Crippen molar-refractivity contribution in [2.24, 2.45) is 0 Å². The molecule has 1 saturated heterocycles. The largest absolute Gasteiger partial charge is 0.339 e. The van der Waals surface area contributed by atoms with E-state index in [9.17, 15) is 4.79 Å². The highest BCUT2D eigenvalue weighted by Gasteiger charge is 2.23. The maximum absolute atomic E-state index is 12.9. The van der Waals surface area contributed by atoms with Crippen molar-refractivity contribution in [3.05, 3.63) is 58.9 Å². The molecule has 0 unspecified atom stereocenters. The number of pyridine rings is 1. The molecule has 3 aromatic rings. The summed E-state index contributed by atoms with van der Waals surface area (Å²) >= 11 is 0. The summed E-state index contributed by atoms with van der Waals surface area (Å²) in [5.41, 5.74) is 4.76. The third-order valence-corrected chi connectivity index (χ3v) is 4.81. The Morgan fingerprint density at radius 2 is 1.84 bits per heavy atom. The molecule has 1 aliphatic heterocycles. The number of rotatable bonds is 3. The van der Waals surface area contributed by atoms with Crippen LogP contribution >= 0.6 is 0 Å². The van der Waals surface area contributed by atoms with Gasteiger partial charge < -0.3 is 4.90 Å². The van der Waals surface area contributed by atoms with Crippen molar-refractivity contribution in [3.8, 4) is 0 Å². The van der Waals surface area contributed by atoms with Crippen molar-refractivity contribution >= 4 is 16.9 Å². The third kappa shape index (κ3) is 3.02. The van der Waals surface area contributed by atoms with Gasteiger partial charge in [-0.15, -0.1) is 0 Å². The van der Waals surface area contributed by atoms with Gasteiger partial charge >= 0.3 is 0 Å². The maximum Gasteiger partial charge on any atom is 0.254 e. The van der Waals surface area contributed by atoms with Gasteiger partial charge in [0.25, 0.3) is 5.91 Å². The molecule has 25 heavy (non-hydrogen) atoms. The van der Waals surface area contributed by atoms with Crippen LogP contribution in [0.1, 0.15) is 40.0 Å². The van der Waals surface area contributed by atoms with Gasteiger partial charge in [0.05, 0.1) is 23.7 Å². The Hall–Kier alpha value is -2.69. The highest BCUT2D eigenvalue weighted by atomic mass is 16.2. The molecule has 0 aliphatic carbocycles. The van der Waals surface area contributed by atoms with E-state index in [4.69, 9.17) is 0 Å². The number of nitrogens with zero attached hydrogens (tertiary/aromatic N) is 4. The van der Waals surface area contributed by atoms with Crippen molar-refractivity contribution in [2.45, 2.75) is 33.2 Å². The first-order valence-corrected chi connectivity index (χ1v) is 8.80. The molecule has 5 heteroatoms. The molecule has 128 valence electrons. The van der Waals surface area contributed by atoms with Crippen molar-refractivity contribution in [3.63, 3.8) is 0 Å². The first-order chi connectivity index (χ1) is 12.1. The summed E-state index contributed by atoms with van der Waals surface area (Å²) < 4.78 is 1.88. The normalized spacial score (nSPS) is 14.4. The van der Waals surface area contributed by atoms with Crippen LogP contribution in [0.3, 0.4) is 0 Å². The number of carbonyl (C=O) groups is 1. The molecule has 1 amide bonds. The molecule has 0 saturated carbocycles. The van der Waals surface area contributed by atoms with E-state index in [0.717, 1.165) is 48.2 Å². The van der Waals surface area contributed by atoms with Gasteiger partial charge in [-0.1, -0.05) is 29.8 Å². The van der Waals surface area contributed by atoms with E-state index >= 15 is 0 Å². The fraction of sp³-hybridized carbons (Fsp3) is 0.350. The van der Waals surface area contributed by atoms with E-state index in [0.29, 0.717) is 6.54 Å². The monoisotopic (exact) mass is 334 g/mol. The average molecular weight is 334 g/mol. The number of hydrogen-bond acceptors (Lipinski definition) is 3. The molecule has 5 nitrogen and oxygen atoms in total. The number of likely N-dealkylation sites (tertiary alicyclic amines) is 1. The molecule has 1 fully saturated rings. The Morgan fingerprint density at radius 3 is 2.56 bits per heavy atom. The predicted molar refractivity (Wildman–Crippen MR) is 97.7 cm³/mol. The fourth-order valence-electron chi connectivity index (χ4n) is 3.42. The van der Waals surface area contributed by atoms with Crippen LogP contribution in [0.2, 0.25) is 0 Å². The summed E-state index contributed by atoms with van der Waals surface area (Å²) in [5, 5.41) is 5.35. The second kappa shape index (κ2) is 6.31. The number of amides is 1. The third-order valence-electron chi connectivity index (χ3n) is 4.81. The van der Waals surface area contributed by atoms with Crippen LogP contribution in [0.25, 0.3) is 11.0 Å². The second-order valence-corrected chi connectivity index (χ2v) is 6.84. The zero-order chi connectivity index (χ0) is 17.4. The lowest BCUT2D eigenvalue weighted by Crippen LogP contribution is -2.27. The Balaban J connectivity index is 1.73. The van der Waals surface area contributed by atoms with E-state index in [1.54, 1.807) is 6.20 Å². The van der Waals surface area contributed by atoms with Crippen LogP contribution in [0.15, 0.2) is 36.5 Å². The number of aromatic nitrogens is 3. The smallest absolute Gasteiger partial charge is 0.254 e. The first kappa shape index (κ1) is 15.8. The van der Waals surface area contributed by atoms with Gasteiger partial charge in [0.2, 0.25) is 0 Å². The van der Waals surface area contributed by atoms with Gasteiger partial charge in [0, 0.05) is 18.8 Å². The molecule has 1 aromatic carbocycles. The van der Waals surface area contributed by atoms with Crippen LogP contribution in [-0.2, 0) is 6.54 Å².